The van der Waals surface area contributed by atoms with Gasteiger partial charge in [-0.2, -0.15) is 0 Å². The molecule has 1 aromatic carbocycles. The molecular weight excluding hydrogens is 418 g/mol. The molecular formula is C20H20F2N2O3S2. The Bertz CT molecular complexity index is 1010. The highest BCUT2D eigenvalue weighted by molar-refractivity contribution is 7.92. The molecule has 2 saturated carbocycles. The van der Waals surface area contributed by atoms with E-state index >= 15 is 0 Å². The Hall–Kier alpha value is -2.13. The molecule has 5 nitrogen and oxygen atoms in total. The first-order valence-corrected chi connectivity index (χ1v) is 11.8. The van der Waals surface area contributed by atoms with Crippen molar-refractivity contribution in [3.63, 3.8) is 0 Å². The number of nitrogens with zero attached hydrogens (tertiary/aromatic N) is 1. The second-order valence-corrected chi connectivity index (χ2v) is 10.5. The Kier molecular flexibility index (Phi) is 5.52. The van der Waals surface area contributed by atoms with Crippen molar-refractivity contribution in [2.75, 3.05) is 5.32 Å². The Morgan fingerprint density at radius 3 is 2.34 bits per heavy atom. The van der Waals surface area contributed by atoms with Crippen molar-refractivity contribution < 1.29 is 22.0 Å². The van der Waals surface area contributed by atoms with E-state index in [4.69, 9.17) is 0 Å². The molecule has 1 amide bonds. The maximum Gasteiger partial charge on any atom is 0.257 e. The first-order valence-electron chi connectivity index (χ1n) is 9.39. The number of halogens is 2. The van der Waals surface area contributed by atoms with E-state index in [1.54, 1.807) is 29.8 Å². The summed E-state index contributed by atoms with van der Waals surface area (Å²) in [4.78, 5) is 17.1. The Morgan fingerprint density at radius 1 is 1.14 bits per heavy atom. The molecule has 4 rings (SSSR count). The van der Waals surface area contributed by atoms with Gasteiger partial charge in [-0.05, 0) is 49.3 Å². The molecule has 0 spiro atoms. The number of carbonyl (C=O) groups is 1. The van der Waals surface area contributed by atoms with Crippen LogP contribution < -0.4 is 5.32 Å². The lowest BCUT2D eigenvalue weighted by Gasteiger charge is -2.12. The van der Waals surface area contributed by atoms with Crippen LogP contribution >= 0.6 is 11.3 Å². The number of amides is 1. The molecule has 2 aliphatic carbocycles. The third-order valence-electron chi connectivity index (χ3n) is 5.21. The summed E-state index contributed by atoms with van der Waals surface area (Å²) >= 11 is 1.25. The first kappa shape index (κ1) is 20.2. The summed E-state index contributed by atoms with van der Waals surface area (Å²) in [6.45, 7) is 0. The fourth-order valence-electron chi connectivity index (χ4n) is 3.49. The van der Waals surface area contributed by atoms with E-state index in [1.807, 2.05) is 0 Å². The molecule has 29 heavy (non-hydrogen) atoms. The minimum absolute atomic E-state index is 0.0172. The number of alkyl halides is 2. The summed E-state index contributed by atoms with van der Waals surface area (Å²) in [7, 11) is -3.33. The van der Waals surface area contributed by atoms with Gasteiger partial charge in [0.25, 0.3) is 5.91 Å². The lowest BCUT2D eigenvalue weighted by atomic mass is 9.98. The van der Waals surface area contributed by atoms with Gasteiger partial charge >= 0.3 is 0 Å². The predicted molar refractivity (Wildman–Crippen MR) is 108 cm³/mol. The number of allylic oxidation sites excluding steroid dienone is 1. The van der Waals surface area contributed by atoms with Crippen LogP contribution in [0.2, 0.25) is 0 Å². The van der Waals surface area contributed by atoms with Crippen LogP contribution in [0.15, 0.2) is 46.8 Å². The lowest BCUT2D eigenvalue weighted by Crippen LogP contribution is -2.15. The van der Waals surface area contributed by atoms with Gasteiger partial charge in [0.1, 0.15) is 12.3 Å². The molecule has 2 aromatic rings. The second-order valence-electron chi connectivity index (χ2n) is 7.40. The molecule has 0 radical (unpaired) electrons. The minimum Gasteiger partial charge on any atom is -0.298 e. The SMILES string of the molecule is O=C(Nc1nccs1)/C(=C/C1CC(F)[C@@H](F)C1)c1ccc(S(=O)(=O)C2CC2)cc1. The molecule has 154 valence electrons. The van der Waals surface area contributed by atoms with Crippen molar-refractivity contribution in [2.45, 2.75) is 48.2 Å². The van der Waals surface area contributed by atoms with E-state index in [-0.39, 0.29) is 28.6 Å². The molecule has 3 atom stereocenters. The number of rotatable bonds is 6. The van der Waals surface area contributed by atoms with Crippen LogP contribution in [0.4, 0.5) is 13.9 Å². The van der Waals surface area contributed by atoms with E-state index in [0.29, 0.717) is 23.5 Å². The van der Waals surface area contributed by atoms with Crippen molar-refractivity contribution in [1.82, 2.24) is 4.98 Å². The van der Waals surface area contributed by atoms with Crippen LogP contribution in [0, 0.1) is 5.92 Å². The maximum atomic E-state index is 13.6. The van der Waals surface area contributed by atoms with Crippen LogP contribution in [-0.4, -0.2) is 36.9 Å². The zero-order valence-electron chi connectivity index (χ0n) is 15.4. The van der Waals surface area contributed by atoms with Gasteiger partial charge in [-0.3, -0.25) is 10.1 Å². The average molecular weight is 439 g/mol. The summed E-state index contributed by atoms with van der Waals surface area (Å²) < 4.78 is 52.0. The summed E-state index contributed by atoms with van der Waals surface area (Å²) in [6, 6.07) is 6.10. The van der Waals surface area contributed by atoms with E-state index in [2.05, 4.69) is 10.3 Å². The number of hydrogen-bond acceptors (Lipinski definition) is 5. The van der Waals surface area contributed by atoms with E-state index in [9.17, 15) is 22.0 Å². The number of aromatic nitrogens is 1. The first-order chi connectivity index (χ1) is 13.8. The lowest BCUT2D eigenvalue weighted by molar-refractivity contribution is -0.111. The van der Waals surface area contributed by atoms with Gasteiger partial charge in [-0.25, -0.2) is 22.2 Å². The smallest absolute Gasteiger partial charge is 0.257 e. The van der Waals surface area contributed by atoms with Crippen molar-refractivity contribution in [3.05, 3.63) is 47.5 Å². The predicted octanol–water partition coefficient (Wildman–Crippen LogP) is 4.19. The Balaban J connectivity index is 1.63. The van der Waals surface area contributed by atoms with Crippen LogP contribution in [0.5, 0.6) is 0 Å². The van der Waals surface area contributed by atoms with Gasteiger partial charge in [0.2, 0.25) is 0 Å². The standard InChI is InChI=1S/C20H20F2N2O3S2/c21-17-10-12(11-18(17)22)9-16(19(25)24-20-23-7-8-28-20)13-1-3-14(4-2-13)29(26,27)15-5-6-15/h1-4,7-9,12,15,17-18H,5-6,10-11H2,(H,23,24,25)/b16-9+/t12?,17-,18?/m0/s1. The Morgan fingerprint density at radius 2 is 1.79 bits per heavy atom. The molecule has 0 bridgehead atoms. The van der Waals surface area contributed by atoms with Gasteiger partial charge in [0.05, 0.1) is 10.1 Å². The van der Waals surface area contributed by atoms with Crippen LogP contribution in [0.3, 0.4) is 0 Å². The normalized spacial score (nSPS) is 25.2. The number of nitrogens with one attached hydrogen (secondary N) is 1. The average Bonchev–Trinajstić information content (AvgIpc) is 3.36. The third-order valence-corrected chi connectivity index (χ3v) is 8.17. The number of hydrogen-bond donors (Lipinski definition) is 1. The molecule has 2 fully saturated rings. The summed E-state index contributed by atoms with van der Waals surface area (Å²) in [5.74, 6) is -0.859. The molecule has 1 N–H and O–H groups in total. The van der Waals surface area contributed by atoms with E-state index in [0.717, 1.165) is 0 Å². The minimum atomic E-state index is -3.33. The zero-order chi connectivity index (χ0) is 20.6. The van der Waals surface area contributed by atoms with Crippen molar-refractivity contribution in [1.29, 1.82) is 0 Å². The van der Waals surface area contributed by atoms with Crippen LogP contribution in [0.1, 0.15) is 31.2 Å². The Labute approximate surface area is 171 Å². The van der Waals surface area contributed by atoms with Crippen molar-refractivity contribution in [3.8, 4) is 0 Å². The fourth-order valence-corrected chi connectivity index (χ4v) is 5.67. The summed E-state index contributed by atoms with van der Waals surface area (Å²) in [6.07, 6.45) is 1.44. The molecule has 1 aromatic heterocycles. The molecule has 2 unspecified atom stereocenters. The number of sulfone groups is 1. The fraction of sp³-hybridized carbons (Fsp3) is 0.400. The highest BCUT2D eigenvalue weighted by atomic mass is 32.2. The van der Waals surface area contributed by atoms with Gasteiger partial charge in [-0.1, -0.05) is 18.2 Å². The largest absolute Gasteiger partial charge is 0.298 e. The number of benzene rings is 1. The van der Waals surface area contributed by atoms with Crippen molar-refractivity contribution in [2.24, 2.45) is 5.92 Å². The van der Waals surface area contributed by atoms with Crippen LogP contribution in [-0.2, 0) is 14.6 Å². The van der Waals surface area contributed by atoms with Crippen molar-refractivity contribution >= 4 is 37.8 Å². The van der Waals surface area contributed by atoms with E-state index < -0.39 is 34.0 Å². The quantitative estimate of drug-likeness (QED) is 0.687. The molecule has 9 heteroatoms. The highest BCUT2D eigenvalue weighted by Crippen LogP contribution is 2.36. The third kappa shape index (κ3) is 4.40. The maximum absolute atomic E-state index is 13.6. The summed E-state index contributed by atoms with van der Waals surface area (Å²) in [5, 5.41) is 4.49. The molecule has 0 saturated heterocycles. The monoisotopic (exact) mass is 438 g/mol. The highest BCUT2D eigenvalue weighted by Gasteiger charge is 2.37. The zero-order valence-corrected chi connectivity index (χ0v) is 17.1. The number of thiazole rings is 1. The van der Waals surface area contributed by atoms with Gasteiger partial charge in [0.15, 0.2) is 15.0 Å². The van der Waals surface area contributed by atoms with Gasteiger partial charge in [-0.15, -0.1) is 11.3 Å². The van der Waals surface area contributed by atoms with E-state index in [1.165, 1.54) is 23.5 Å². The van der Waals surface area contributed by atoms with Crippen LogP contribution in [0.25, 0.3) is 5.57 Å². The second kappa shape index (κ2) is 7.95. The number of carbonyl (C=O) groups excluding carboxylic acids is 1. The number of anilines is 1. The van der Waals surface area contributed by atoms with Gasteiger partial charge in [0, 0.05) is 17.2 Å². The molecule has 0 aliphatic heterocycles. The summed E-state index contributed by atoms with van der Waals surface area (Å²) in [5.41, 5.74) is 0.744. The molecule has 1 heterocycles. The molecule has 2 aliphatic rings. The topological polar surface area (TPSA) is 76.1 Å². The van der Waals surface area contributed by atoms with Gasteiger partial charge < -0.3 is 0 Å².